The van der Waals surface area contributed by atoms with E-state index in [1.807, 2.05) is 35.2 Å². The summed E-state index contributed by atoms with van der Waals surface area (Å²) in [5.74, 6) is -0.136. The standard InChI is InChI=1S/C20H22N4O2/c25-19-10-16(13-23(19)14-17-5-1-2-9-22-17)20(26)24(18-6-7-18)12-15-4-3-8-21-11-15/h1-5,8-9,11,16,18H,6-7,10,12-14H2. The fourth-order valence-corrected chi connectivity index (χ4v) is 3.47. The Morgan fingerprint density at radius 2 is 2.08 bits per heavy atom. The normalized spacial score (nSPS) is 19.6. The van der Waals surface area contributed by atoms with Crippen molar-refractivity contribution in [3.05, 3.63) is 60.2 Å². The molecule has 2 amide bonds. The molecule has 0 N–H and O–H groups in total. The second-order valence-corrected chi connectivity index (χ2v) is 7.05. The van der Waals surface area contributed by atoms with Gasteiger partial charge in [-0.25, -0.2) is 0 Å². The lowest BCUT2D eigenvalue weighted by Crippen LogP contribution is -2.38. The van der Waals surface area contributed by atoms with E-state index in [-0.39, 0.29) is 17.7 Å². The van der Waals surface area contributed by atoms with Crippen molar-refractivity contribution in [3.8, 4) is 0 Å². The van der Waals surface area contributed by atoms with Crippen molar-refractivity contribution in [2.45, 2.75) is 38.4 Å². The van der Waals surface area contributed by atoms with Gasteiger partial charge in [0.05, 0.1) is 18.2 Å². The molecule has 0 bridgehead atoms. The third-order valence-electron chi connectivity index (χ3n) is 4.99. The van der Waals surface area contributed by atoms with Gasteiger partial charge in [0.1, 0.15) is 0 Å². The maximum Gasteiger partial charge on any atom is 0.228 e. The minimum absolute atomic E-state index is 0.0335. The maximum atomic E-state index is 13.1. The number of hydrogen-bond donors (Lipinski definition) is 0. The van der Waals surface area contributed by atoms with E-state index in [9.17, 15) is 9.59 Å². The SMILES string of the molecule is O=C1CC(C(=O)N(Cc2cccnc2)C2CC2)CN1Cc1ccccn1. The van der Waals surface area contributed by atoms with Gasteiger partial charge >= 0.3 is 0 Å². The highest BCUT2D eigenvalue weighted by Crippen LogP contribution is 2.32. The molecule has 1 unspecified atom stereocenters. The van der Waals surface area contributed by atoms with Gasteiger partial charge in [0.25, 0.3) is 0 Å². The smallest absolute Gasteiger partial charge is 0.228 e. The van der Waals surface area contributed by atoms with E-state index in [1.165, 1.54) is 0 Å². The molecule has 0 radical (unpaired) electrons. The number of pyridine rings is 2. The van der Waals surface area contributed by atoms with Crippen LogP contribution in [0.15, 0.2) is 48.9 Å². The van der Waals surface area contributed by atoms with E-state index in [1.54, 1.807) is 23.5 Å². The Labute approximate surface area is 152 Å². The summed E-state index contributed by atoms with van der Waals surface area (Å²) >= 11 is 0. The van der Waals surface area contributed by atoms with Crippen molar-refractivity contribution in [2.75, 3.05) is 6.54 Å². The van der Waals surface area contributed by atoms with E-state index in [2.05, 4.69) is 9.97 Å². The van der Waals surface area contributed by atoms with Crippen LogP contribution >= 0.6 is 0 Å². The zero-order valence-electron chi connectivity index (χ0n) is 14.6. The second-order valence-electron chi connectivity index (χ2n) is 7.05. The van der Waals surface area contributed by atoms with E-state index >= 15 is 0 Å². The van der Waals surface area contributed by atoms with Crippen LogP contribution in [0.25, 0.3) is 0 Å². The van der Waals surface area contributed by atoms with Crippen molar-refractivity contribution in [3.63, 3.8) is 0 Å². The number of carbonyl (C=O) groups is 2. The number of carbonyl (C=O) groups excluding carboxylic acids is 2. The molecule has 2 fully saturated rings. The first kappa shape index (κ1) is 16.7. The first-order valence-corrected chi connectivity index (χ1v) is 9.08. The molecule has 1 aliphatic heterocycles. The lowest BCUT2D eigenvalue weighted by Gasteiger charge is -2.25. The summed E-state index contributed by atoms with van der Waals surface area (Å²) in [5.41, 5.74) is 1.88. The quantitative estimate of drug-likeness (QED) is 0.799. The molecular weight excluding hydrogens is 328 g/mol. The van der Waals surface area contributed by atoms with Crippen LogP contribution < -0.4 is 0 Å². The Bertz CT molecular complexity index is 777. The van der Waals surface area contributed by atoms with Crippen LogP contribution in [0.4, 0.5) is 0 Å². The average Bonchev–Trinajstić information content (AvgIpc) is 3.45. The molecule has 2 aliphatic rings. The summed E-state index contributed by atoms with van der Waals surface area (Å²) in [6.07, 6.45) is 7.64. The molecule has 134 valence electrons. The van der Waals surface area contributed by atoms with Crippen LogP contribution in [0.3, 0.4) is 0 Å². The Morgan fingerprint density at radius 1 is 1.19 bits per heavy atom. The van der Waals surface area contributed by atoms with Gasteiger partial charge in [-0.15, -0.1) is 0 Å². The summed E-state index contributed by atoms with van der Waals surface area (Å²) in [6.45, 7) is 1.52. The van der Waals surface area contributed by atoms with Crippen molar-refractivity contribution in [2.24, 2.45) is 5.92 Å². The van der Waals surface area contributed by atoms with Crippen molar-refractivity contribution < 1.29 is 9.59 Å². The number of aromatic nitrogens is 2. The highest BCUT2D eigenvalue weighted by Gasteiger charge is 2.41. The molecule has 26 heavy (non-hydrogen) atoms. The minimum atomic E-state index is -0.261. The molecule has 0 aromatic carbocycles. The van der Waals surface area contributed by atoms with Crippen LogP contribution in [0.1, 0.15) is 30.5 Å². The van der Waals surface area contributed by atoms with Crippen molar-refractivity contribution in [1.82, 2.24) is 19.8 Å². The summed E-state index contributed by atoms with van der Waals surface area (Å²) < 4.78 is 0. The molecule has 1 atom stereocenters. The van der Waals surface area contributed by atoms with Gasteiger partial charge < -0.3 is 9.80 Å². The molecule has 6 heteroatoms. The van der Waals surface area contributed by atoms with Crippen LogP contribution in [0, 0.1) is 5.92 Å². The molecule has 4 rings (SSSR count). The van der Waals surface area contributed by atoms with Crippen LogP contribution in [0.5, 0.6) is 0 Å². The predicted molar refractivity (Wildman–Crippen MR) is 95.6 cm³/mol. The number of hydrogen-bond acceptors (Lipinski definition) is 4. The average molecular weight is 350 g/mol. The van der Waals surface area contributed by atoms with Crippen LogP contribution in [0.2, 0.25) is 0 Å². The number of nitrogens with zero attached hydrogens (tertiary/aromatic N) is 4. The Morgan fingerprint density at radius 3 is 2.77 bits per heavy atom. The lowest BCUT2D eigenvalue weighted by molar-refractivity contribution is -0.137. The molecule has 1 saturated carbocycles. The molecule has 1 saturated heterocycles. The molecule has 6 nitrogen and oxygen atoms in total. The third kappa shape index (κ3) is 3.74. The maximum absolute atomic E-state index is 13.1. The topological polar surface area (TPSA) is 66.4 Å². The van der Waals surface area contributed by atoms with Crippen molar-refractivity contribution >= 4 is 11.8 Å². The second kappa shape index (κ2) is 7.23. The third-order valence-corrected chi connectivity index (χ3v) is 4.99. The Kier molecular flexibility index (Phi) is 4.65. The van der Waals surface area contributed by atoms with Gasteiger partial charge in [0, 0.05) is 44.1 Å². The highest BCUT2D eigenvalue weighted by molar-refractivity contribution is 5.89. The van der Waals surface area contributed by atoms with Gasteiger partial charge in [-0.3, -0.25) is 19.6 Å². The molecular formula is C20H22N4O2. The van der Waals surface area contributed by atoms with Crippen molar-refractivity contribution in [1.29, 1.82) is 0 Å². The largest absolute Gasteiger partial charge is 0.336 e. The van der Waals surface area contributed by atoms with E-state index in [4.69, 9.17) is 0 Å². The van der Waals surface area contributed by atoms with Crippen LogP contribution in [-0.2, 0) is 22.7 Å². The van der Waals surface area contributed by atoms with E-state index in [0.29, 0.717) is 32.1 Å². The fraction of sp³-hybridized carbons (Fsp3) is 0.400. The van der Waals surface area contributed by atoms with Gasteiger partial charge in [0.15, 0.2) is 0 Å². The predicted octanol–water partition coefficient (Wildman–Crippen LogP) is 2.02. The highest BCUT2D eigenvalue weighted by atomic mass is 16.2. The van der Waals surface area contributed by atoms with Gasteiger partial charge in [-0.05, 0) is 36.6 Å². The molecule has 3 heterocycles. The van der Waals surface area contributed by atoms with Gasteiger partial charge in [-0.2, -0.15) is 0 Å². The summed E-state index contributed by atoms with van der Waals surface area (Å²) in [7, 11) is 0. The molecule has 2 aromatic heterocycles. The lowest BCUT2D eigenvalue weighted by atomic mass is 10.1. The Balaban J connectivity index is 1.42. The number of amides is 2. The Hall–Kier alpha value is -2.76. The van der Waals surface area contributed by atoms with E-state index in [0.717, 1.165) is 24.1 Å². The zero-order chi connectivity index (χ0) is 17.9. The first-order valence-electron chi connectivity index (χ1n) is 9.08. The van der Waals surface area contributed by atoms with E-state index < -0.39 is 0 Å². The van der Waals surface area contributed by atoms with Gasteiger partial charge in [-0.1, -0.05) is 12.1 Å². The molecule has 0 spiro atoms. The zero-order valence-corrected chi connectivity index (χ0v) is 14.6. The monoisotopic (exact) mass is 350 g/mol. The van der Waals surface area contributed by atoms with Gasteiger partial charge in [0.2, 0.25) is 11.8 Å². The number of likely N-dealkylation sites (tertiary alicyclic amines) is 1. The number of rotatable bonds is 6. The molecule has 2 aromatic rings. The van der Waals surface area contributed by atoms with Crippen LogP contribution in [-0.4, -0.2) is 44.2 Å². The fourth-order valence-electron chi connectivity index (χ4n) is 3.47. The summed E-state index contributed by atoms with van der Waals surface area (Å²) in [6, 6.07) is 9.85. The summed E-state index contributed by atoms with van der Waals surface area (Å²) in [4.78, 5) is 37.6. The minimum Gasteiger partial charge on any atom is -0.336 e. The first-order chi connectivity index (χ1) is 12.7. The molecule has 1 aliphatic carbocycles. The summed E-state index contributed by atoms with van der Waals surface area (Å²) in [5, 5.41) is 0.